The number of amides is 2. The number of amidine groups is 1. The fourth-order valence-electron chi connectivity index (χ4n) is 3.47. The van der Waals surface area contributed by atoms with Gasteiger partial charge >= 0.3 is 0 Å². The van der Waals surface area contributed by atoms with Crippen LogP contribution < -0.4 is 10.1 Å². The van der Waals surface area contributed by atoms with Crippen LogP contribution in [-0.2, 0) is 16.1 Å². The zero-order valence-electron chi connectivity index (χ0n) is 19.3. The molecule has 0 aliphatic carbocycles. The van der Waals surface area contributed by atoms with Gasteiger partial charge in [-0.05, 0) is 60.5 Å². The molecular weight excluding hydrogens is 482 g/mol. The number of carbonyl (C=O) groups excluding carboxylic acids is 2. The number of nitrogens with one attached hydrogen (secondary N) is 1. The van der Waals surface area contributed by atoms with Gasteiger partial charge in [0.25, 0.3) is 0 Å². The van der Waals surface area contributed by atoms with E-state index in [1.165, 1.54) is 11.8 Å². The Labute approximate surface area is 214 Å². The van der Waals surface area contributed by atoms with Gasteiger partial charge in [0.05, 0.1) is 18.8 Å². The molecular formula is C27H26ClN3O3S. The van der Waals surface area contributed by atoms with Crippen LogP contribution in [0.15, 0.2) is 83.9 Å². The van der Waals surface area contributed by atoms with Crippen LogP contribution in [-0.4, -0.2) is 33.7 Å². The first-order valence-corrected chi connectivity index (χ1v) is 12.7. The van der Waals surface area contributed by atoms with Crippen LogP contribution in [0.5, 0.6) is 5.75 Å². The number of hydrogen-bond acceptors (Lipinski definition) is 5. The summed E-state index contributed by atoms with van der Waals surface area (Å²) >= 11 is 7.30. The molecule has 180 valence electrons. The molecule has 3 aromatic rings. The maximum absolute atomic E-state index is 13.2. The molecule has 4 rings (SSSR count). The smallest absolute Gasteiger partial charge is 0.238 e. The summed E-state index contributed by atoms with van der Waals surface area (Å²) in [6.45, 7) is 3.07. The third-order valence-electron chi connectivity index (χ3n) is 5.26. The molecule has 35 heavy (non-hydrogen) atoms. The first-order chi connectivity index (χ1) is 17.0. The van der Waals surface area contributed by atoms with Crippen molar-refractivity contribution in [2.24, 2.45) is 4.99 Å². The number of nitrogens with zero attached hydrogens (tertiary/aromatic N) is 2. The molecule has 8 heteroatoms. The molecule has 1 aliphatic rings. The van der Waals surface area contributed by atoms with Gasteiger partial charge in [0.15, 0.2) is 5.17 Å². The zero-order chi connectivity index (χ0) is 24.6. The second kappa shape index (κ2) is 11.9. The Kier molecular flexibility index (Phi) is 8.45. The molecule has 0 bridgehead atoms. The number of benzene rings is 3. The van der Waals surface area contributed by atoms with Gasteiger partial charge < -0.3 is 10.1 Å². The van der Waals surface area contributed by atoms with Crippen molar-refractivity contribution in [3.63, 3.8) is 0 Å². The van der Waals surface area contributed by atoms with Gasteiger partial charge in [-0.25, -0.2) is 4.99 Å². The Bertz CT molecular complexity index is 1180. The second-order valence-corrected chi connectivity index (χ2v) is 9.62. The molecule has 0 aromatic heterocycles. The number of hydrogen-bond donors (Lipinski definition) is 1. The van der Waals surface area contributed by atoms with Crippen LogP contribution in [0.25, 0.3) is 0 Å². The van der Waals surface area contributed by atoms with Crippen LogP contribution in [0.2, 0.25) is 5.02 Å². The first kappa shape index (κ1) is 24.8. The van der Waals surface area contributed by atoms with Crippen LogP contribution in [0, 0.1) is 0 Å². The molecule has 0 spiro atoms. The lowest BCUT2D eigenvalue weighted by Crippen LogP contribution is -2.44. The number of aliphatic imine (C=N–C) groups is 1. The highest BCUT2D eigenvalue weighted by molar-refractivity contribution is 8.15. The monoisotopic (exact) mass is 507 g/mol. The first-order valence-electron chi connectivity index (χ1n) is 11.4. The Balaban J connectivity index is 1.52. The van der Waals surface area contributed by atoms with E-state index in [0.29, 0.717) is 34.7 Å². The predicted octanol–water partition coefficient (Wildman–Crippen LogP) is 6.29. The van der Waals surface area contributed by atoms with Crippen molar-refractivity contribution < 1.29 is 14.3 Å². The second-order valence-electron chi connectivity index (χ2n) is 8.01. The van der Waals surface area contributed by atoms with Crippen LogP contribution >= 0.6 is 23.4 Å². The van der Waals surface area contributed by atoms with E-state index >= 15 is 0 Å². The highest BCUT2D eigenvalue weighted by Gasteiger charge is 2.36. The van der Waals surface area contributed by atoms with Gasteiger partial charge in [0.1, 0.15) is 11.0 Å². The van der Waals surface area contributed by atoms with E-state index in [2.05, 4.69) is 5.32 Å². The van der Waals surface area contributed by atoms with Crippen molar-refractivity contribution >= 4 is 51.7 Å². The lowest BCUT2D eigenvalue weighted by atomic mass is 10.2. The fourth-order valence-corrected chi connectivity index (χ4v) is 4.69. The van der Waals surface area contributed by atoms with Crippen molar-refractivity contribution in [1.82, 2.24) is 4.90 Å². The highest BCUT2D eigenvalue weighted by atomic mass is 35.5. The van der Waals surface area contributed by atoms with E-state index in [9.17, 15) is 9.59 Å². The number of carbonyl (C=O) groups is 2. The third-order valence-corrected chi connectivity index (χ3v) is 6.70. The molecule has 0 radical (unpaired) electrons. The minimum Gasteiger partial charge on any atom is -0.494 e. The number of halogens is 1. The van der Waals surface area contributed by atoms with Crippen molar-refractivity contribution in [3.8, 4) is 5.75 Å². The standard InChI is InChI=1S/C27H26ClN3O3S/c1-2-16-34-23-14-12-21(13-15-23)29-26(33)24-17-25(32)31(18-19-6-4-3-5-7-19)27(35-24)30-22-10-8-20(28)9-11-22/h3-15,24H,2,16-18H2,1H3,(H,29,33)/t24-/m0/s1. The molecule has 0 unspecified atom stereocenters. The molecule has 1 heterocycles. The number of ether oxygens (including phenoxy) is 1. The van der Waals surface area contributed by atoms with Crippen LogP contribution in [0.4, 0.5) is 11.4 Å². The molecule has 2 amide bonds. The summed E-state index contributed by atoms with van der Waals surface area (Å²) in [6, 6.07) is 24.0. The van der Waals surface area contributed by atoms with Gasteiger partial charge in [-0.1, -0.05) is 60.6 Å². The minimum absolute atomic E-state index is 0.0840. The fraction of sp³-hybridized carbons (Fsp3) is 0.222. The van der Waals surface area contributed by atoms with Crippen molar-refractivity contribution in [2.45, 2.75) is 31.6 Å². The summed E-state index contributed by atoms with van der Waals surface area (Å²) in [4.78, 5) is 32.6. The molecule has 1 aliphatic heterocycles. The summed E-state index contributed by atoms with van der Waals surface area (Å²) in [5, 5.41) is 3.40. The molecule has 6 nitrogen and oxygen atoms in total. The van der Waals surface area contributed by atoms with Gasteiger partial charge in [-0.2, -0.15) is 0 Å². The maximum atomic E-state index is 13.2. The summed E-state index contributed by atoms with van der Waals surface area (Å²) < 4.78 is 5.59. The normalized spacial score (nSPS) is 16.9. The Morgan fingerprint density at radius 1 is 1.09 bits per heavy atom. The Hall–Kier alpha value is -3.29. The van der Waals surface area contributed by atoms with E-state index < -0.39 is 5.25 Å². The summed E-state index contributed by atoms with van der Waals surface area (Å²) in [6.07, 6.45) is 1.01. The van der Waals surface area contributed by atoms with Gasteiger partial charge in [0, 0.05) is 17.1 Å². The number of anilines is 1. The lowest BCUT2D eigenvalue weighted by molar-refractivity contribution is -0.129. The largest absolute Gasteiger partial charge is 0.494 e. The average Bonchev–Trinajstić information content (AvgIpc) is 2.87. The SMILES string of the molecule is CCCOc1ccc(NC(=O)[C@@H]2CC(=O)N(Cc3ccccc3)C(=Nc3ccc(Cl)cc3)S2)cc1. The van der Waals surface area contributed by atoms with E-state index in [-0.39, 0.29) is 18.2 Å². The number of thioether (sulfide) groups is 1. The van der Waals surface area contributed by atoms with Crippen molar-refractivity contribution in [3.05, 3.63) is 89.4 Å². The third kappa shape index (κ3) is 6.87. The molecule has 1 N–H and O–H groups in total. The molecule has 1 saturated heterocycles. The average molecular weight is 508 g/mol. The topological polar surface area (TPSA) is 71.0 Å². The minimum atomic E-state index is -0.600. The maximum Gasteiger partial charge on any atom is 0.238 e. The van der Waals surface area contributed by atoms with E-state index in [0.717, 1.165) is 17.7 Å². The van der Waals surface area contributed by atoms with E-state index in [4.69, 9.17) is 21.3 Å². The van der Waals surface area contributed by atoms with Crippen molar-refractivity contribution in [2.75, 3.05) is 11.9 Å². The molecule has 0 saturated carbocycles. The summed E-state index contributed by atoms with van der Waals surface area (Å²) in [7, 11) is 0. The number of rotatable bonds is 8. The van der Waals surface area contributed by atoms with Gasteiger partial charge in [0.2, 0.25) is 11.8 Å². The van der Waals surface area contributed by atoms with E-state index in [1.807, 2.05) is 49.4 Å². The zero-order valence-corrected chi connectivity index (χ0v) is 20.9. The van der Waals surface area contributed by atoms with Crippen molar-refractivity contribution in [1.29, 1.82) is 0 Å². The Morgan fingerprint density at radius 3 is 2.49 bits per heavy atom. The van der Waals surface area contributed by atoms with E-state index in [1.54, 1.807) is 41.3 Å². The lowest BCUT2D eigenvalue weighted by Gasteiger charge is -2.32. The summed E-state index contributed by atoms with van der Waals surface area (Å²) in [5.41, 5.74) is 2.29. The Morgan fingerprint density at radius 2 is 1.80 bits per heavy atom. The predicted molar refractivity (Wildman–Crippen MR) is 142 cm³/mol. The van der Waals surface area contributed by atoms with Gasteiger partial charge in [-0.15, -0.1) is 0 Å². The molecule has 3 aromatic carbocycles. The molecule has 1 atom stereocenters. The highest BCUT2D eigenvalue weighted by Crippen LogP contribution is 2.31. The molecule has 1 fully saturated rings. The van der Waals surface area contributed by atoms with Gasteiger partial charge in [-0.3, -0.25) is 14.5 Å². The quantitative estimate of drug-likeness (QED) is 0.389. The van der Waals surface area contributed by atoms with Crippen LogP contribution in [0.1, 0.15) is 25.3 Å². The van der Waals surface area contributed by atoms with Crippen LogP contribution in [0.3, 0.4) is 0 Å². The summed E-state index contributed by atoms with van der Waals surface area (Å²) in [5.74, 6) is 0.360.